The second-order valence-corrected chi connectivity index (χ2v) is 5.05. The lowest BCUT2D eigenvalue weighted by molar-refractivity contribution is 0.0916. The van der Waals surface area contributed by atoms with Crippen molar-refractivity contribution in [2.75, 3.05) is 6.61 Å². The number of aliphatic hydroxyl groups is 1. The highest BCUT2D eigenvalue weighted by atomic mass is 79.9. The monoisotopic (exact) mass is 319 g/mol. The molecule has 0 spiro atoms. The molecule has 98 valence electrons. The summed E-state index contributed by atoms with van der Waals surface area (Å²) in [5, 5.41) is 12.2. The van der Waals surface area contributed by atoms with Gasteiger partial charge in [-0.2, -0.15) is 0 Å². The molecular formula is C15H14BrNO2. The summed E-state index contributed by atoms with van der Waals surface area (Å²) in [6.45, 7) is -0.135. The Bertz CT molecular complexity index is 557. The molecule has 2 N–H and O–H groups in total. The van der Waals surface area contributed by atoms with Gasteiger partial charge in [-0.1, -0.05) is 52.3 Å². The van der Waals surface area contributed by atoms with Gasteiger partial charge in [-0.05, 0) is 23.8 Å². The molecule has 0 aliphatic carbocycles. The standard InChI is InChI=1S/C15H14BrNO2/c16-13-8-4-7-12(9-13)15(19)17-14(10-18)11-5-2-1-3-6-11/h1-9,14,18H,10H2,(H,17,19)/t14-/m0/s1. The van der Waals surface area contributed by atoms with Crippen molar-refractivity contribution in [1.82, 2.24) is 5.32 Å². The third-order valence-electron chi connectivity index (χ3n) is 2.78. The molecule has 0 aromatic heterocycles. The van der Waals surface area contributed by atoms with Crippen LogP contribution in [0.2, 0.25) is 0 Å². The lowest BCUT2D eigenvalue weighted by atomic mass is 10.1. The maximum absolute atomic E-state index is 12.1. The molecule has 3 nitrogen and oxygen atoms in total. The molecule has 0 saturated carbocycles. The highest BCUT2D eigenvalue weighted by Gasteiger charge is 2.14. The molecule has 0 saturated heterocycles. The van der Waals surface area contributed by atoms with Crippen LogP contribution in [0.3, 0.4) is 0 Å². The molecule has 0 aliphatic heterocycles. The Morgan fingerprint density at radius 2 is 1.89 bits per heavy atom. The van der Waals surface area contributed by atoms with Crippen LogP contribution in [0.4, 0.5) is 0 Å². The third kappa shape index (κ3) is 3.66. The van der Waals surface area contributed by atoms with Crippen molar-refractivity contribution >= 4 is 21.8 Å². The molecule has 4 heteroatoms. The van der Waals surface area contributed by atoms with Gasteiger partial charge in [0.1, 0.15) is 0 Å². The Morgan fingerprint density at radius 3 is 2.53 bits per heavy atom. The first-order chi connectivity index (χ1) is 9.20. The fraction of sp³-hybridized carbons (Fsp3) is 0.133. The van der Waals surface area contributed by atoms with Gasteiger partial charge in [0.2, 0.25) is 0 Å². The van der Waals surface area contributed by atoms with Crippen LogP contribution in [0.25, 0.3) is 0 Å². The van der Waals surface area contributed by atoms with E-state index in [0.717, 1.165) is 10.0 Å². The highest BCUT2D eigenvalue weighted by Crippen LogP contribution is 2.15. The summed E-state index contributed by atoms with van der Waals surface area (Å²) in [7, 11) is 0. The third-order valence-corrected chi connectivity index (χ3v) is 3.27. The van der Waals surface area contributed by atoms with E-state index in [-0.39, 0.29) is 12.5 Å². The number of hydrogen-bond donors (Lipinski definition) is 2. The average molecular weight is 320 g/mol. The Balaban J connectivity index is 2.13. The minimum Gasteiger partial charge on any atom is -0.394 e. The molecular weight excluding hydrogens is 306 g/mol. The molecule has 0 unspecified atom stereocenters. The largest absolute Gasteiger partial charge is 0.394 e. The van der Waals surface area contributed by atoms with Crippen molar-refractivity contribution in [2.45, 2.75) is 6.04 Å². The number of halogens is 1. The number of aliphatic hydroxyl groups excluding tert-OH is 1. The Morgan fingerprint density at radius 1 is 1.16 bits per heavy atom. The Kier molecular flexibility index (Phi) is 4.71. The Labute approximate surface area is 120 Å². The molecule has 0 heterocycles. The van der Waals surface area contributed by atoms with E-state index in [4.69, 9.17) is 0 Å². The molecule has 0 radical (unpaired) electrons. The smallest absolute Gasteiger partial charge is 0.251 e. The molecule has 2 rings (SSSR count). The predicted octanol–water partition coefficient (Wildman–Crippen LogP) is 2.91. The van der Waals surface area contributed by atoms with Crippen LogP contribution in [0, 0.1) is 0 Å². The van der Waals surface area contributed by atoms with Crippen LogP contribution < -0.4 is 5.32 Å². The number of carbonyl (C=O) groups is 1. The normalized spacial score (nSPS) is 11.9. The summed E-state index contributed by atoms with van der Waals surface area (Å²) in [4.78, 5) is 12.1. The first-order valence-corrected chi connectivity index (χ1v) is 6.72. The minimum atomic E-state index is -0.396. The van der Waals surface area contributed by atoms with E-state index in [1.807, 2.05) is 36.4 Å². The molecule has 19 heavy (non-hydrogen) atoms. The second kappa shape index (κ2) is 6.50. The zero-order valence-electron chi connectivity index (χ0n) is 10.2. The molecule has 1 amide bonds. The Hall–Kier alpha value is -1.65. The van der Waals surface area contributed by atoms with Crippen molar-refractivity contribution in [3.8, 4) is 0 Å². The summed E-state index contributed by atoms with van der Waals surface area (Å²) in [6.07, 6.45) is 0. The van der Waals surface area contributed by atoms with Crippen molar-refractivity contribution < 1.29 is 9.90 Å². The maximum atomic E-state index is 12.1. The van der Waals surface area contributed by atoms with E-state index in [1.54, 1.807) is 18.2 Å². The molecule has 2 aromatic carbocycles. The number of benzene rings is 2. The van der Waals surface area contributed by atoms with Gasteiger partial charge in [0.05, 0.1) is 12.6 Å². The number of amides is 1. The lowest BCUT2D eigenvalue weighted by Gasteiger charge is -2.16. The van der Waals surface area contributed by atoms with Crippen LogP contribution in [-0.2, 0) is 0 Å². The van der Waals surface area contributed by atoms with Crippen LogP contribution in [0.5, 0.6) is 0 Å². The van der Waals surface area contributed by atoms with Gasteiger partial charge in [-0.25, -0.2) is 0 Å². The van der Waals surface area contributed by atoms with E-state index < -0.39 is 6.04 Å². The SMILES string of the molecule is O=C(N[C@@H](CO)c1ccccc1)c1cccc(Br)c1. The number of hydrogen-bond acceptors (Lipinski definition) is 2. The maximum Gasteiger partial charge on any atom is 0.251 e. The van der Waals surface area contributed by atoms with Gasteiger partial charge < -0.3 is 10.4 Å². The van der Waals surface area contributed by atoms with E-state index in [9.17, 15) is 9.90 Å². The van der Waals surface area contributed by atoms with Crippen LogP contribution in [0.15, 0.2) is 59.1 Å². The minimum absolute atomic E-state index is 0.135. The zero-order chi connectivity index (χ0) is 13.7. The molecule has 1 atom stereocenters. The van der Waals surface area contributed by atoms with Crippen LogP contribution in [-0.4, -0.2) is 17.6 Å². The van der Waals surface area contributed by atoms with Gasteiger partial charge in [0.25, 0.3) is 5.91 Å². The molecule has 0 aliphatic rings. The zero-order valence-corrected chi connectivity index (χ0v) is 11.8. The van der Waals surface area contributed by atoms with Crippen molar-refractivity contribution in [3.63, 3.8) is 0 Å². The molecule has 0 bridgehead atoms. The van der Waals surface area contributed by atoms with Crippen LogP contribution in [0.1, 0.15) is 22.0 Å². The van der Waals surface area contributed by atoms with Gasteiger partial charge in [-0.15, -0.1) is 0 Å². The number of carbonyl (C=O) groups excluding carboxylic acids is 1. The van der Waals surface area contributed by atoms with Gasteiger partial charge in [-0.3, -0.25) is 4.79 Å². The summed E-state index contributed by atoms with van der Waals surface area (Å²) in [5.41, 5.74) is 1.44. The summed E-state index contributed by atoms with van der Waals surface area (Å²) in [6, 6.07) is 16.2. The lowest BCUT2D eigenvalue weighted by Crippen LogP contribution is -2.30. The first-order valence-electron chi connectivity index (χ1n) is 5.93. The predicted molar refractivity (Wildman–Crippen MR) is 77.9 cm³/mol. The average Bonchev–Trinajstić information content (AvgIpc) is 2.45. The second-order valence-electron chi connectivity index (χ2n) is 4.13. The van der Waals surface area contributed by atoms with Crippen molar-refractivity contribution in [2.24, 2.45) is 0 Å². The van der Waals surface area contributed by atoms with E-state index in [1.165, 1.54) is 0 Å². The van der Waals surface area contributed by atoms with Crippen molar-refractivity contribution in [3.05, 3.63) is 70.2 Å². The summed E-state index contributed by atoms with van der Waals surface area (Å²) >= 11 is 3.33. The topological polar surface area (TPSA) is 49.3 Å². The fourth-order valence-electron chi connectivity index (χ4n) is 1.79. The first kappa shape index (κ1) is 13.8. The van der Waals surface area contributed by atoms with Crippen LogP contribution >= 0.6 is 15.9 Å². The number of rotatable bonds is 4. The fourth-order valence-corrected chi connectivity index (χ4v) is 2.19. The van der Waals surface area contributed by atoms with E-state index in [2.05, 4.69) is 21.2 Å². The quantitative estimate of drug-likeness (QED) is 0.910. The van der Waals surface area contributed by atoms with E-state index in [0.29, 0.717) is 5.56 Å². The summed E-state index contributed by atoms with van der Waals surface area (Å²) < 4.78 is 0.848. The van der Waals surface area contributed by atoms with Gasteiger partial charge in [0.15, 0.2) is 0 Å². The number of nitrogens with one attached hydrogen (secondary N) is 1. The van der Waals surface area contributed by atoms with Gasteiger partial charge in [0, 0.05) is 10.0 Å². The highest BCUT2D eigenvalue weighted by molar-refractivity contribution is 9.10. The molecule has 2 aromatic rings. The van der Waals surface area contributed by atoms with Crippen molar-refractivity contribution in [1.29, 1.82) is 0 Å². The summed E-state index contributed by atoms with van der Waals surface area (Å²) in [5.74, 6) is -0.204. The van der Waals surface area contributed by atoms with E-state index >= 15 is 0 Å². The molecule has 0 fully saturated rings. The van der Waals surface area contributed by atoms with Gasteiger partial charge >= 0.3 is 0 Å².